The van der Waals surface area contributed by atoms with Crippen LogP contribution in [0.5, 0.6) is 5.75 Å². The first-order valence-corrected chi connectivity index (χ1v) is 10.7. The minimum absolute atomic E-state index is 0.283. The van der Waals surface area contributed by atoms with Crippen LogP contribution in [0.2, 0.25) is 0 Å². The number of aliphatic imine (C=N–C) groups is 1. The molecule has 0 aliphatic heterocycles. The van der Waals surface area contributed by atoms with E-state index in [9.17, 15) is 8.42 Å². The Morgan fingerprint density at radius 2 is 1.74 bits per heavy atom. The minimum Gasteiger partial charge on any atom is -0.492 e. The van der Waals surface area contributed by atoms with Gasteiger partial charge in [-0.2, -0.15) is 0 Å². The monoisotopic (exact) mass is 389 g/mol. The molecular weight excluding hydrogens is 362 g/mol. The third-order valence-electron chi connectivity index (χ3n) is 4.08. The van der Waals surface area contributed by atoms with E-state index < -0.39 is 9.84 Å². The van der Waals surface area contributed by atoms with Crippen LogP contribution >= 0.6 is 0 Å². The molecule has 0 radical (unpaired) electrons. The lowest BCUT2D eigenvalue weighted by Crippen LogP contribution is -2.40. The van der Waals surface area contributed by atoms with Crippen LogP contribution in [0.3, 0.4) is 0 Å². The number of ether oxygens (including phenoxy) is 1. The van der Waals surface area contributed by atoms with Gasteiger partial charge in [0.2, 0.25) is 0 Å². The van der Waals surface area contributed by atoms with Crippen molar-refractivity contribution >= 4 is 15.8 Å². The Morgan fingerprint density at radius 3 is 2.33 bits per heavy atom. The molecule has 1 unspecified atom stereocenters. The molecule has 0 spiro atoms. The molecule has 2 aromatic carbocycles. The van der Waals surface area contributed by atoms with Crippen LogP contribution in [-0.4, -0.2) is 47.4 Å². The van der Waals surface area contributed by atoms with Gasteiger partial charge >= 0.3 is 0 Å². The highest BCUT2D eigenvalue weighted by Crippen LogP contribution is 2.15. The first kappa shape index (κ1) is 20.8. The lowest BCUT2D eigenvalue weighted by molar-refractivity contribution is 0.321. The fourth-order valence-electron chi connectivity index (χ4n) is 2.49. The number of sulfone groups is 1. The molecule has 2 rings (SSSR count). The highest BCUT2D eigenvalue weighted by molar-refractivity contribution is 7.90. The molecule has 0 aromatic heterocycles. The molecule has 27 heavy (non-hydrogen) atoms. The normalized spacial score (nSPS) is 13.1. The van der Waals surface area contributed by atoms with Gasteiger partial charge in [-0.25, -0.2) is 8.42 Å². The lowest BCUT2D eigenvalue weighted by atomic mass is 10.0. The van der Waals surface area contributed by atoms with Crippen LogP contribution in [0, 0.1) is 0 Å². The van der Waals surface area contributed by atoms with E-state index in [4.69, 9.17) is 4.74 Å². The first-order chi connectivity index (χ1) is 12.9. The molecule has 0 heterocycles. The van der Waals surface area contributed by atoms with Crippen LogP contribution in [-0.2, 0) is 9.84 Å². The Balaban J connectivity index is 1.72. The maximum absolute atomic E-state index is 11.4. The number of rotatable bonds is 8. The van der Waals surface area contributed by atoms with Crippen LogP contribution in [0.4, 0.5) is 0 Å². The Morgan fingerprint density at radius 1 is 1.07 bits per heavy atom. The molecule has 0 amide bonds. The molecule has 7 heteroatoms. The second-order valence-corrected chi connectivity index (χ2v) is 8.30. The Bertz CT molecular complexity index is 835. The van der Waals surface area contributed by atoms with Gasteiger partial charge < -0.3 is 15.4 Å². The number of benzene rings is 2. The maximum Gasteiger partial charge on any atom is 0.191 e. The van der Waals surface area contributed by atoms with E-state index in [0.717, 1.165) is 6.54 Å². The van der Waals surface area contributed by atoms with Crippen molar-refractivity contribution in [3.8, 4) is 5.75 Å². The molecule has 0 bridgehead atoms. The highest BCUT2D eigenvalue weighted by Gasteiger charge is 2.07. The summed E-state index contributed by atoms with van der Waals surface area (Å²) in [6, 6.07) is 16.7. The van der Waals surface area contributed by atoms with Gasteiger partial charge in [-0.1, -0.05) is 37.3 Å². The molecule has 0 aliphatic carbocycles. The van der Waals surface area contributed by atoms with Crippen molar-refractivity contribution in [3.63, 3.8) is 0 Å². The minimum atomic E-state index is -3.18. The highest BCUT2D eigenvalue weighted by atomic mass is 32.2. The number of nitrogens with zero attached hydrogens (tertiary/aromatic N) is 1. The van der Waals surface area contributed by atoms with Crippen molar-refractivity contribution in [1.82, 2.24) is 10.6 Å². The zero-order chi connectivity index (χ0) is 19.7. The van der Waals surface area contributed by atoms with Gasteiger partial charge in [0, 0.05) is 19.8 Å². The summed E-state index contributed by atoms with van der Waals surface area (Å²) in [5.74, 6) is 1.72. The molecule has 0 fully saturated rings. The zero-order valence-electron chi connectivity index (χ0n) is 16.0. The van der Waals surface area contributed by atoms with Crippen LogP contribution in [0.15, 0.2) is 64.5 Å². The summed E-state index contributed by atoms with van der Waals surface area (Å²) in [7, 11) is -1.46. The van der Waals surface area contributed by atoms with E-state index in [1.165, 1.54) is 11.8 Å². The number of hydrogen-bond donors (Lipinski definition) is 2. The standard InChI is InChI=1S/C20H27N3O3S/c1-16(17-7-5-4-6-8-17)15-23-20(21-2)22-13-14-26-18-9-11-19(12-10-18)27(3,24)25/h4-12,16H,13-15H2,1-3H3,(H2,21,22,23). The van der Waals surface area contributed by atoms with E-state index in [-0.39, 0.29) is 4.90 Å². The summed E-state index contributed by atoms with van der Waals surface area (Å²) >= 11 is 0. The fourth-order valence-corrected chi connectivity index (χ4v) is 3.12. The smallest absolute Gasteiger partial charge is 0.191 e. The second kappa shape index (κ2) is 9.97. The summed E-state index contributed by atoms with van der Waals surface area (Å²) in [6.45, 7) is 3.96. The van der Waals surface area contributed by atoms with Gasteiger partial charge in [-0.15, -0.1) is 0 Å². The van der Waals surface area contributed by atoms with Gasteiger partial charge in [0.25, 0.3) is 0 Å². The molecular formula is C20H27N3O3S. The first-order valence-electron chi connectivity index (χ1n) is 8.82. The Hall–Kier alpha value is -2.54. The largest absolute Gasteiger partial charge is 0.492 e. The van der Waals surface area contributed by atoms with Crippen molar-refractivity contribution < 1.29 is 13.2 Å². The maximum atomic E-state index is 11.4. The van der Waals surface area contributed by atoms with Gasteiger partial charge in [0.05, 0.1) is 11.4 Å². The third-order valence-corrected chi connectivity index (χ3v) is 5.21. The van der Waals surface area contributed by atoms with E-state index in [1.54, 1.807) is 31.3 Å². The fraction of sp³-hybridized carbons (Fsp3) is 0.350. The molecule has 6 nitrogen and oxygen atoms in total. The molecule has 2 aromatic rings. The van der Waals surface area contributed by atoms with Crippen molar-refractivity contribution in [1.29, 1.82) is 0 Å². The summed E-state index contributed by atoms with van der Waals surface area (Å²) in [4.78, 5) is 4.49. The van der Waals surface area contributed by atoms with E-state index in [0.29, 0.717) is 30.8 Å². The number of guanidine groups is 1. The summed E-state index contributed by atoms with van der Waals surface area (Å²) in [5, 5.41) is 6.51. The van der Waals surface area contributed by atoms with Crippen molar-refractivity contribution in [2.24, 2.45) is 4.99 Å². The third kappa shape index (κ3) is 6.94. The van der Waals surface area contributed by atoms with E-state index in [2.05, 4.69) is 34.7 Å². The quantitative estimate of drug-likeness (QED) is 0.412. The van der Waals surface area contributed by atoms with Gasteiger partial charge in [-0.3, -0.25) is 4.99 Å². The van der Waals surface area contributed by atoms with Gasteiger partial charge in [0.15, 0.2) is 15.8 Å². The second-order valence-electron chi connectivity index (χ2n) is 6.28. The van der Waals surface area contributed by atoms with Crippen LogP contribution in [0.1, 0.15) is 18.4 Å². The molecule has 0 saturated heterocycles. The average molecular weight is 390 g/mol. The molecule has 2 N–H and O–H groups in total. The zero-order valence-corrected chi connectivity index (χ0v) is 16.8. The lowest BCUT2D eigenvalue weighted by Gasteiger charge is -2.16. The molecule has 146 valence electrons. The average Bonchev–Trinajstić information content (AvgIpc) is 2.67. The van der Waals surface area contributed by atoms with E-state index >= 15 is 0 Å². The van der Waals surface area contributed by atoms with Crippen LogP contribution in [0.25, 0.3) is 0 Å². The molecule has 1 atom stereocenters. The van der Waals surface area contributed by atoms with Crippen LogP contribution < -0.4 is 15.4 Å². The topological polar surface area (TPSA) is 79.8 Å². The Kier molecular flexibility index (Phi) is 7.67. The van der Waals surface area contributed by atoms with Gasteiger partial charge in [0.1, 0.15) is 12.4 Å². The predicted molar refractivity (Wildman–Crippen MR) is 109 cm³/mol. The summed E-state index contributed by atoms with van der Waals surface area (Å²) < 4.78 is 28.5. The van der Waals surface area contributed by atoms with Gasteiger partial charge in [-0.05, 0) is 35.7 Å². The Labute approximate surface area is 161 Å². The van der Waals surface area contributed by atoms with Crippen molar-refractivity contribution in [3.05, 3.63) is 60.2 Å². The number of nitrogens with one attached hydrogen (secondary N) is 2. The summed E-state index contributed by atoms with van der Waals surface area (Å²) in [5.41, 5.74) is 1.28. The van der Waals surface area contributed by atoms with Crippen molar-refractivity contribution in [2.75, 3.05) is 33.0 Å². The van der Waals surface area contributed by atoms with E-state index in [1.807, 2.05) is 18.2 Å². The number of hydrogen-bond acceptors (Lipinski definition) is 4. The predicted octanol–water partition coefficient (Wildman–Crippen LogP) is 2.44. The SMILES string of the molecule is CN=C(NCCOc1ccc(S(C)(=O)=O)cc1)NCC(C)c1ccccc1. The molecule has 0 aliphatic rings. The summed E-state index contributed by atoms with van der Waals surface area (Å²) in [6.07, 6.45) is 1.18. The molecule has 0 saturated carbocycles. The van der Waals surface area contributed by atoms with Crippen molar-refractivity contribution in [2.45, 2.75) is 17.7 Å².